The lowest BCUT2D eigenvalue weighted by Gasteiger charge is -2.47. The molecule has 0 saturated heterocycles. The van der Waals surface area contributed by atoms with Gasteiger partial charge in [0.1, 0.15) is 0 Å². The van der Waals surface area contributed by atoms with E-state index in [1.807, 2.05) is 0 Å². The van der Waals surface area contributed by atoms with Crippen molar-refractivity contribution in [3.05, 3.63) is 353 Å². The van der Waals surface area contributed by atoms with Gasteiger partial charge in [0.2, 0.25) is 0 Å². The van der Waals surface area contributed by atoms with Gasteiger partial charge >= 0.3 is 0 Å². The summed E-state index contributed by atoms with van der Waals surface area (Å²) in [6.07, 6.45) is 1.81. The molecule has 400 valence electrons. The largest absolute Gasteiger partial charge is 0.399 e. The van der Waals surface area contributed by atoms with Crippen LogP contribution in [0.5, 0.6) is 0 Å². The van der Waals surface area contributed by atoms with Gasteiger partial charge in [-0.1, -0.05) is 261 Å². The van der Waals surface area contributed by atoms with E-state index in [1.54, 1.807) is 0 Å². The Morgan fingerprint density at radius 2 is 0.706 bits per heavy atom. The first-order chi connectivity index (χ1) is 42.1. The summed E-state index contributed by atoms with van der Waals surface area (Å²) in [6.45, 7) is 0. The van der Waals surface area contributed by atoms with E-state index in [0.29, 0.717) is 5.69 Å². The minimum Gasteiger partial charge on any atom is -0.399 e. The van der Waals surface area contributed by atoms with E-state index >= 15 is 0 Å². The van der Waals surface area contributed by atoms with E-state index in [2.05, 4.69) is 307 Å². The van der Waals surface area contributed by atoms with Crippen LogP contribution in [0.1, 0.15) is 67.5 Å². The second-order valence-corrected chi connectivity index (χ2v) is 23.2. The summed E-state index contributed by atoms with van der Waals surface area (Å²) in [6, 6.07) is 111. The number of nitrogen functional groups attached to an aromatic ring is 1. The predicted molar refractivity (Wildman–Crippen MR) is 353 cm³/mol. The molecule has 13 aromatic carbocycles. The molecule has 0 bridgehead atoms. The predicted octanol–water partition coefficient (Wildman–Crippen LogP) is 21.0. The number of para-hydroxylation sites is 2. The van der Waals surface area contributed by atoms with Crippen molar-refractivity contribution in [1.82, 2.24) is 0 Å². The Bertz CT molecular complexity index is 4630. The van der Waals surface area contributed by atoms with Gasteiger partial charge in [0.05, 0.1) is 34.1 Å². The molecule has 2 aliphatic carbocycles. The molecule has 0 fully saturated rings. The molecule has 0 radical (unpaired) electrons. The maximum Gasteiger partial charge on any atom is 0.0618 e. The first-order valence-electron chi connectivity index (χ1n) is 29.8. The Hall–Kier alpha value is -10.7. The molecule has 1 atom stereocenters. The van der Waals surface area contributed by atoms with Gasteiger partial charge in [-0.15, -0.1) is 0 Å². The van der Waals surface area contributed by atoms with Crippen LogP contribution >= 0.6 is 0 Å². The minimum absolute atomic E-state index is 0.0742. The number of hydrogen-bond donors (Lipinski definition) is 1. The zero-order valence-corrected chi connectivity index (χ0v) is 46.8. The normalized spacial score (nSPS) is 14.1. The van der Waals surface area contributed by atoms with Gasteiger partial charge in [0, 0.05) is 45.3 Å². The molecule has 85 heavy (non-hydrogen) atoms. The molecular weight excluding hydrogens is 1030 g/mol. The third kappa shape index (κ3) is 7.81. The molecule has 0 spiro atoms. The molecule has 1 unspecified atom stereocenters. The summed E-state index contributed by atoms with van der Waals surface area (Å²) < 4.78 is 0. The van der Waals surface area contributed by atoms with Crippen molar-refractivity contribution in [2.24, 2.45) is 0 Å². The van der Waals surface area contributed by atoms with Crippen LogP contribution in [-0.2, 0) is 12.8 Å². The van der Waals surface area contributed by atoms with Gasteiger partial charge in [-0.2, -0.15) is 0 Å². The molecule has 0 saturated carbocycles. The molecule has 13 aromatic rings. The van der Waals surface area contributed by atoms with Crippen LogP contribution in [0.15, 0.2) is 297 Å². The summed E-state index contributed by atoms with van der Waals surface area (Å²) in [7, 11) is 0. The standard InChI is InChI=1S/C82H57N3/c83-62-43-44-71-74(51-62)85(82-69(54-26-9-3-10-27-54)40-21-41-70(82)55-28-11-4-12-29-55)76-50-61(78-64-35-17-13-30-56(64)46-57-31-14-18-36-65(57)78)49-75-80(76)79(71)72-48-59(66-37-19-33-60-47-58-32-15-16-34-63(58)77(60)66)42-45-73(72)84(75)81-67(52-22-5-1-6-23-52)38-20-39-68(81)53-24-7-2-8-25-53/h1-45,48-51,78-79H,46-47,83H2. The second-order valence-electron chi connectivity index (χ2n) is 23.2. The highest BCUT2D eigenvalue weighted by Crippen LogP contribution is 2.65. The minimum atomic E-state index is -0.208. The van der Waals surface area contributed by atoms with Gasteiger partial charge in [-0.3, -0.25) is 0 Å². The molecule has 3 nitrogen and oxygen atoms in total. The maximum absolute atomic E-state index is 7.22. The highest BCUT2D eigenvalue weighted by molar-refractivity contribution is 6.07. The number of nitrogens with two attached hydrogens (primary N) is 1. The summed E-state index contributed by atoms with van der Waals surface area (Å²) in [5.41, 5.74) is 42.0. The summed E-state index contributed by atoms with van der Waals surface area (Å²) in [4.78, 5) is 5.29. The molecule has 0 aromatic heterocycles. The summed E-state index contributed by atoms with van der Waals surface area (Å²) >= 11 is 0. The summed E-state index contributed by atoms with van der Waals surface area (Å²) in [5.74, 6) is -0.282. The van der Waals surface area contributed by atoms with E-state index in [1.165, 1.54) is 77.9 Å². The smallest absolute Gasteiger partial charge is 0.0618 e. The van der Waals surface area contributed by atoms with Gasteiger partial charge in [-0.25, -0.2) is 0 Å². The molecule has 0 amide bonds. The Labute approximate surface area is 496 Å². The highest BCUT2D eigenvalue weighted by Gasteiger charge is 2.44. The third-order valence-electron chi connectivity index (χ3n) is 18.5. The first-order valence-corrected chi connectivity index (χ1v) is 29.8. The number of fused-ring (bicyclic) bond motifs is 9. The quantitative estimate of drug-likeness (QED) is 0.154. The molecule has 17 rings (SSSR count). The van der Waals surface area contributed by atoms with Crippen LogP contribution in [0.25, 0.3) is 66.8 Å². The Morgan fingerprint density at radius 3 is 1.26 bits per heavy atom. The zero-order valence-electron chi connectivity index (χ0n) is 46.8. The Balaban J connectivity index is 1.05. The van der Waals surface area contributed by atoms with Crippen molar-refractivity contribution in [1.29, 1.82) is 0 Å². The average Bonchev–Trinajstić information content (AvgIpc) is 1.27. The van der Waals surface area contributed by atoms with Crippen LogP contribution in [0.2, 0.25) is 0 Å². The molecule has 2 heterocycles. The molecule has 2 N–H and O–H groups in total. The number of anilines is 7. The van der Waals surface area contributed by atoms with Crippen molar-refractivity contribution in [2.75, 3.05) is 15.5 Å². The van der Waals surface area contributed by atoms with Gasteiger partial charge < -0.3 is 15.5 Å². The van der Waals surface area contributed by atoms with Gasteiger partial charge in [0.25, 0.3) is 0 Å². The Morgan fingerprint density at radius 1 is 0.271 bits per heavy atom. The molecular formula is C82H57N3. The number of rotatable bonds is 8. The molecule has 2 aliphatic heterocycles. The van der Waals surface area contributed by atoms with Gasteiger partial charge in [-0.05, 0) is 144 Å². The van der Waals surface area contributed by atoms with E-state index in [0.717, 1.165) is 91.5 Å². The van der Waals surface area contributed by atoms with E-state index in [4.69, 9.17) is 5.73 Å². The van der Waals surface area contributed by atoms with Crippen LogP contribution in [0, 0.1) is 0 Å². The number of benzene rings is 13. The van der Waals surface area contributed by atoms with Crippen molar-refractivity contribution in [3.63, 3.8) is 0 Å². The van der Waals surface area contributed by atoms with Crippen molar-refractivity contribution < 1.29 is 0 Å². The lowest BCUT2D eigenvalue weighted by atomic mass is 9.71. The topological polar surface area (TPSA) is 32.5 Å². The fraction of sp³-hybridized carbons (Fsp3) is 0.0488. The van der Waals surface area contributed by atoms with Crippen LogP contribution < -0.4 is 15.5 Å². The highest BCUT2D eigenvalue weighted by atomic mass is 15.2. The van der Waals surface area contributed by atoms with Crippen LogP contribution in [-0.4, -0.2) is 0 Å². The Kier molecular flexibility index (Phi) is 11.4. The van der Waals surface area contributed by atoms with Crippen LogP contribution in [0.3, 0.4) is 0 Å². The zero-order chi connectivity index (χ0) is 56.1. The molecule has 3 heteroatoms. The van der Waals surface area contributed by atoms with Crippen molar-refractivity contribution >= 4 is 39.8 Å². The average molecular weight is 1080 g/mol. The van der Waals surface area contributed by atoms with Crippen molar-refractivity contribution in [2.45, 2.75) is 24.7 Å². The first kappa shape index (κ1) is 48.9. The lowest BCUT2D eigenvalue weighted by Crippen LogP contribution is -2.31. The van der Waals surface area contributed by atoms with Crippen LogP contribution in [0.4, 0.5) is 39.8 Å². The maximum atomic E-state index is 7.22. The number of hydrogen-bond acceptors (Lipinski definition) is 3. The van der Waals surface area contributed by atoms with E-state index in [-0.39, 0.29) is 11.8 Å². The SMILES string of the molecule is Nc1ccc2c(c1)N(c1c(-c3ccccc3)cccc1-c1ccccc1)c1cc(C3c4ccccc4Cc4ccccc43)cc3c1C2c1cc(-c2cccc4c2-c2ccccc2C4)ccc1N3c1c(-c2ccccc2)cccc1-c1ccccc1. The fourth-order valence-corrected chi connectivity index (χ4v) is 14.9. The monoisotopic (exact) mass is 1080 g/mol. The van der Waals surface area contributed by atoms with E-state index in [9.17, 15) is 0 Å². The van der Waals surface area contributed by atoms with Crippen molar-refractivity contribution in [3.8, 4) is 66.8 Å². The second kappa shape index (κ2) is 19.7. The summed E-state index contributed by atoms with van der Waals surface area (Å²) in [5, 5.41) is 0. The fourth-order valence-electron chi connectivity index (χ4n) is 14.9. The third-order valence-corrected chi connectivity index (χ3v) is 18.5. The molecule has 4 aliphatic rings. The lowest BCUT2D eigenvalue weighted by molar-refractivity contribution is 0.870. The van der Waals surface area contributed by atoms with E-state index < -0.39 is 0 Å². The number of nitrogens with zero attached hydrogens (tertiary/aromatic N) is 2. The van der Waals surface area contributed by atoms with Gasteiger partial charge in [0.15, 0.2) is 0 Å².